The SMILES string of the molecule is COc1cccc(OC)c1C(=O)Nc1cccc(SC(C)C(=O)Nc2ccccc2F)c1. The normalized spacial score (nSPS) is 11.4. The number of methoxy groups -OCH3 is 2. The molecular formula is C24H23FN2O4S. The second kappa shape index (κ2) is 10.7. The van der Waals surface area contributed by atoms with Crippen molar-refractivity contribution in [3.63, 3.8) is 0 Å². The third-order valence-electron chi connectivity index (χ3n) is 4.56. The average molecular weight is 455 g/mol. The van der Waals surface area contributed by atoms with Crippen molar-refractivity contribution in [2.45, 2.75) is 17.1 Å². The van der Waals surface area contributed by atoms with Crippen molar-refractivity contribution in [3.05, 3.63) is 78.1 Å². The van der Waals surface area contributed by atoms with E-state index in [0.717, 1.165) is 4.90 Å². The van der Waals surface area contributed by atoms with E-state index in [1.807, 2.05) is 6.07 Å². The van der Waals surface area contributed by atoms with Gasteiger partial charge in [0.05, 0.1) is 25.2 Å². The quantitative estimate of drug-likeness (QED) is 0.457. The number of carbonyl (C=O) groups excluding carboxylic acids is 2. The van der Waals surface area contributed by atoms with Crippen molar-refractivity contribution < 1.29 is 23.5 Å². The maximum atomic E-state index is 13.8. The smallest absolute Gasteiger partial charge is 0.263 e. The number of amides is 2. The molecule has 3 aromatic rings. The Labute approximate surface area is 190 Å². The molecule has 0 saturated carbocycles. The maximum Gasteiger partial charge on any atom is 0.263 e. The number of ether oxygens (including phenoxy) is 2. The number of anilines is 2. The zero-order valence-corrected chi connectivity index (χ0v) is 18.7. The summed E-state index contributed by atoms with van der Waals surface area (Å²) in [4.78, 5) is 26.1. The van der Waals surface area contributed by atoms with Gasteiger partial charge in [-0.25, -0.2) is 4.39 Å². The summed E-state index contributed by atoms with van der Waals surface area (Å²) in [6.07, 6.45) is 0. The number of rotatable bonds is 8. The van der Waals surface area contributed by atoms with Gasteiger partial charge in [0.2, 0.25) is 5.91 Å². The Morgan fingerprint density at radius 2 is 1.56 bits per heavy atom. The summed E-state index contributed by atoms with van der Waals surface area (Å²) >= 11 is 1.29. The lowest BCUT2D eigenvalue weighted by Gasteiger charge is -2.15. The summed E-state index contributed by atoms with van der Waals surface area (Å²) in [7, 11) is 2.97. The standard InChI is InChI=1S/C24H23FN2O4S/c1-15(23(28)27-19-11-5-4-10-18(19)25)32-17-9-6-8-16(14-17)26-24(29)22-20(30-2)12-7-13-21(22)31-3/h4-15H,1-3H3,(H,26,29)(H,27,28). The number of thioether (sulfide) groups is 1. The van der Waals surface area contributed by atoms with Crippen molar-refractivity contribution in [3.8, 4) is 11.5 Å². The third kappa shape index (κ3) is 5.59. The van der Waals surface area contributed by atoms with Gasteiger partial charge in [-0.3, -0.25) is 9.59 Å². The molecule has 2 amide bonds. The van der Waals surface area contributed by atoms with E-state index in [-0.39, 0.29) is 23.1 Å². The first-order chi connectivity index (χ1) is 15.4. The van der Waals surface area contributed by atoms with E-state index >= 15 is 0 Å². The maximum absolute atomic E-state index is 13.8. The summed E-state index contributed by atoms with van der Waals surface area (Å²) in [5.74, 6) is -0.411. The van der Waals surface area contributed by atoms with Crippen LogP contribution < -0.4 is 20.1 Å². The zero-order chi connectivity index (χ0) is 23.1. The minimum Gasteiger partial charge on any atom is -0.496 e. The highest BCUT2D eigenvalue weighted by molar-refractivity contribution is 8.00. The Bertz CT molecular complexity index is 1100. The first kappa shape index (κ1) is 23.1. The van der Waals surface area contributed by atoms with Crippen LogP contribution in [0.25, 0.3) is 0 Å². The highest BCUT2D eigenvalue weighted by atomic mass is 32.2. The predicted octanol–water partition coefficient (Wildman–Crippen LogP) is 5.21. The van der Waals surface area contributed by atoms with Crippen LogP contribution >= 0.6 is 11.8 Å². The van der Waals surface area contributed by atoms with Crippen LogP contribution in [0, 0.1) is 5.82 Å². The second-order valence-corrected chi connectivity index (χ2v) is 8.16. The van der Waals surface area contributed by atoms with E-state index in [2.05, 4.69) is 10.6 Å². The molecule has 0 spiro atoms. The van der Waals surface area contributed by atoms with Gasteiger partial charge in [-0.05, 0) is 49.4 Å². The van der Waals surface area contributed by atoms with Gasteiger partial charge in [-0.15, -0.1) is 11.8 Å². The molecule has 1 unspecified atom stereocenters. The Balaban J connectivity index is 1.70. The molecular weight excluding hydrogens is 431 g/mol. The molecule has 0 aliphatic heterocycles. The molecule has 166 valence electrons. The van der Waals surface area contributed by atoms with Gasteiger partial charge in [-0.1, -0.05) is 24.3 Å². The van der Waals surface area contributed by atoms with E-state index in [4.69, 9.17) is 9.47 Å². The number of hydrogen-bond acceptors (Lipinski definition) is 5. The van der Waals surface area contributed by atoms with E-state index in [9.17, 15) is 14.0 Å². The molecule has 8 heteroatoms. The van der Waals surface area contributed by atoms with Crippen LogP contribution in [0.15, 0.2) is 71.6 Å². The summed E-state index contributed by atoms with van der Waals surface area (Å²) < 4.78 is 24.4. The van der Waals surface area contributed by atoms with Crippen molar-refractivity contribution in [1.29, 1.82) is 0 Å². The van der Waals surface area contributed by atoms with E-state index in [1.54, 1.807) is 55.5 Å². The first-order valence-corrected chi connectivity index (χ1v) is 10.7. The third-order valence-corrected chi connectivity index (χ3v) is 5.65. The zero-order valence-electron chi connectivity index (χ0n) is 17.8. The average Bonchev–Trinajstić information content (AvgIpc) is 2.80. The fraction of sp³-hybridized carbons (Fsp3) is 0.167. The van der Waals surface area contributed by atoms with E-state index < -0.39 is 11.1 Å². The Morgan fingerprint density at radius 3 is 2.22 bits per heavy atom. The van der Waals surface area contributed by atoms with E-state index in [1.165, 1.54) is 38.1 Å². The van der Waals surface area contributed by atoms with Crippen LogP contribution in [-0.4, -0.2) is 31.3 Å². The summed E-state index contributed by atoms with van der Waals surface area (Å²) in [6, 6.07) is 18.2. The van der Waals surface area contributed by atoms with Crippen LogP contribution in [0.3, 0.4) is 0 Å². The molecule has 0 heterocycles. The van der Waals surface area contributed by atoms with Crippen molar-refractivity contribution >= 4 is 35.0 Å². The fourth-order valence-electron chi connectivity index (χ4n) is 2.97. The molecule has 3 rings (SSSR count). The largest absolute Gasteiger partial charge is 0.496 e. The molecule has 0 fully saturated rings. The lowest BCUT2D eigenvalue weighted by atomic mass is 10.1. The van der Waals surface area contributed by atoms with Crippen LogP contribution in [0.2, 0.25) is 0 Å². The Morgan fingerprint density at radius 1 is 0.906 bits per heavy atom. The van der Waals surface area contributed by atoms with Gasteiger partial charge in [0.15, 0.2) is 0 Å². The van der Waals surface area contributed by atoms with Crippen LogP contribution in [-0.2, 0) is 4.79 Å². The molecule has 0 aliphatic carbocycles. The van der Waals surface area contributed by atoms with Gasteiger partial charge < -0.3 is 20.1 Å². The Hall–Kier alpha value is -3.52. The molecule has 6 nitrogen and oxygen atoms in total. The predicted molar refractivity (Wildman–Crippen MR) is 124 cm³/mol. The molecule has 32 heavy (non-hydrogen) atoms. The minimum absolute atomic E-state index is 0.136. The van der Waals surface area contributed by atoms with Crippen molar-refractivity contribution in [2.75, 3.05) is 24.9 Å². The van der Waals surface area contributed by atoms with Gasteiger partial charge in [0.25, 0.3) is 5.91 Å². The number of halogens is 1. The van der Waals surface area contributed by atoms with Gasteiger partial charge >= 0.3 is 0 Å². The lowest BCUT2D eigenvalue weighted by Crippen LogP contribution is -2.22. The van der Waals surface area contributed by atoms with Gasteiger partial charge in [0, 0.05) is 10.6 Å². The van der Waals surface area contributed by atoms with Crippen LogP contribution in [0.5, 0.6) is 11.5 Å². The first-order valence-electron chi connectivity index (χ1n) is 9.77. The number of nitrogens with one attached hydrogen (secondary N) is 2. The van der Waals surface area contributed by atoms with Crippen LogP contribution in [0.4, 0.5) is 15.8 Å². The number of carbonyl (C=O) groups is 2. The van der Waals surface area contributed by atoms with Crippen molar-refractivity contribution in [2.24, 2.45) is 0 Å². The van der Waals surface area contributed by atoms with Gasteiger partial charge in [0.1, 0.15) is 22.9 Å². The van der Waals surface area contributed by atoms with Gasteiger partial charge in [-0.2, -0.15) is 0 Å². The Kier molecular flexibility index (Phi) is 7.72. The molecule has 2 N–H and O–H groups in total. The van der Waals surface area contributed by atoms with Crippen LogP contribution in [0.1, 0.15) is 17.3 Å². The summed E-state index contributed by atoms with van der Waals surface area (Å²) in [5, 5.41) is 4.94. The fourth-order valence-corrected chi connectivity index (χ4v) is 3.90. The topological polar surface area (TPSA) is 76.7 Å². The molecule has 0 aliphatic rings. The molecule has 0 radical (unpaired) electrons. The molecule has 0 bridgehead atoms. The second-order valence-electron chi connectivity index (χ2n) is 6.75. The molecule has 1 atom stereocenters. The highest BCUT2D eigenvalue weighted by Crippen LogP contribution is 2.30. The summed E-state index contributed by atoms with van der Waals surface area (Å²) in [6.45, 7) is 1.73. The molecule has 0 saturated heterocycles. The number of para-hydroxylation sites is 1. The summed E-state index contributed by atoms with van der Waals surface area (Å²) in [5.41, 5.74) is 0.972. The van der Waals surface area contributed by atoms with Crippen molar-refractivity contribution in [1.82, 2.24) is 0 Å². The highest BCUT2D eigenvalue weighted by Gasteiger charge is 2.19. The lowest BCUT2D eigenvalue weighted by molar-refractivity contribution is -0.115. The number of hydrogen-bond donors (Lipinski definition) is 2. The number of benzene rings is 3. The van der Waals surface area contributed by atoms with E-state index in [0.29, 0.717) is 17.2 Å². The minimum atomic E-state index is -0.491. The monoisotopic (exact) mass is 454 g/mol. The molecule has 3 aromatic carbocycles. The molecule has 0 aromatic heterocycles.